The Hall–Kier alpha value is -4.97. The van der Waals surface area contributed by atoms with Crippen LogP contribution in [0, 0.1) is 0 Å². The van der Waals surface area contributed by atoms with Crippen molar-refractivity contribution in [1.82, 2.24) is 14.4 Å². The number of rotatable bonds is 3. The van der Waals surface area contributed by atoms with Gasteiger partial charge >= 0.3 is 5.69 Å². The molecule has 35 heavy (non-hydrogen) atoms. The zero-order chi connectivity index (χ0) is 23.4. The quantitative estimate of drug-likeness (QED) is 0.281. The van der Waals surface area contributed by atoms with Gasteiger partial charge in [-0.1, -0.05) is 48.5 Å². The van der Waals surface area contributed by atoms with E-state index in [0.29, 0.717) is 16.6 Å². The Bertz CT molecular complexity index is 1890. The van der Waals surface area contributed by atoms with Gasteiger partial charge in [0.1, 0.15) is 5.58 Å². The lowest BCUT2D eigenvalue weighted by atomic mass is 10.1. The normalized spacial score (nSPS) is 11.5. The number of hydrogen-bond donors (Lipinski definition) is 0. The maximum absolute atomic E-state index is 12.9. The monoisotopic (exact) mass is 454 g/mol. The predicted molar refractivity (Wildman–Crippen MR) is 139 cm³/mol. The second kappa shape index (κ2) is 7.53. The molecule has 4 aromatic carbocycles. The Labute approximate surface area is 199 Å². The van der Waals surface area contributed by atoms with Crippen molar-refractivity contribution in [2.24, 2.45) is 0 Å². The fraction of sp³-hybridized carbons (Fsp3) is 0. The van der Waals surface area contributed by atoms with E-state index in [4.69, 9.17) is 9.40 Å². The standard InChI is InChI=1S/C29H18N4O2/c34-29-31-28-23(27-30-24-13-7-8-14-25(24)33(27)29)17-19-15-16-22(18-26(19)35-28)32(20-9-3-1-4-10-20)21-11-5-2-6-12-21/h1-18H. The summed E-state index contributed by atoms with van der Waals surface area (Å²) in [6.07, 6.45) is 0. The highest BCUT2D eigenvalue weighted by atomic mass is 16.3. The SMILES string of the molecule is O=c1nc2oc3cc(N(c4ccccc4)c4ccccc4)ccc3cc2c2nc3ccccc3n12. The summed E-state index contributed by atoms with van der Waals surface area (Å²) in [5.41, 5.74) is 5.53. The first-order chi connectivity index (χ1) is 17.3. The van der Waals surface area contributed by atoms with Gasteiger partial charge in [-0.2, -0.15) is 4.98 Å². The number of nitrogens with zero attached hydrogens (tertiary/aromatic N) is 4. The van der Waals surface area contributed by atoms with Gasteiger partial charge in [0.2, 0.25) is 5.71 Å². The van der Waals surface area contributed by atoms with Crippen LogP contribution in [-0.2, 0) is 0 Å². The third-order valence-corrected chi connectivity index (χ3v) is 6.21. The second-order valence-corrected chi connectivity index (χ2v) is 8.35. The summed E-state index contributed by atoms with van der Waals surface area (Å²) < 4.78 is 7.74. The Morgan fingerprint density at radius 3 is 2.11 bits per heavy atom. The maximum Gasteiger partial charge on any atom is 0.357 e. The minimum atomic E-state index is -0.407. The lowest BCUT2D eigenvalue weighted by Gasteiger charge is -2.25. The average molecular weight is 454 g/mol. The molecule has 3 heterocycles. The van der Waals surface area contributed by atoms with E-state index in [9.17, 15) is 4.79 Å². The Morgan fingerprint density at radius 1 is 0.686 bits per heavy atom. The number of para-hydroxylation sites is 4. The number of hydrogen-bond acceptors (Lipinski definition) is 5. The minimum Gasteiger partial charge on any atom is -0.437 e. The van der Waals surface area contributed by atoms with E-state index in [0.717, 1.165) is 33.5 Å². The van der Waals surface area contributed by atoms with Gasteiger partial charge in [0.05, 0.1) is 16.4 Å². The topological polar surface area (TPSA) is 63.6 Å². The molecule has 6 heteroatoms. The first kappa shape index (κ1) is 19.5. The fourth-order valence-electron chi connectivity index (χ4n) is 4.63. The van der Waals surface area contributed by atoms with Crippen LogP contribution in [0.15, 0.2) is 118 Å². The van der Waals surface area contributed by atoms with E-state index < -0.39 is 5.69 Å². The number of benzene rings is 4. The molecule has 166 valence electrons. The summed E-state index contributed by atoms with van der Waals surface area (Å²) in [5.74, 6) is 0. The van der Waals surface area contributed by atoms with Crippen molar-refractivity contribution in [2.45, 2.75) is 0 Å². The van der Waals surface area contributed by atoms with Crippen molar-refractivity contribution in [2.75, 3.05) is 4.90 Å². The summed E-state index contributed by atoms with van der Waals surface area (Å²) in [4.78, 5) is 24.0. The number of imidazole rings is 1. The zero-order valence-corrected chi connectivity index (χ0v) is 18.5. The van der Waals surface area contributed by atoms with Gasteiger partial charge in [-0.05, 0) is 54.6 Å². The highest BCUT2D eigenvalue weighted by Crippen LogP contribution is 2.36. The van der Waals surface area contributed by atoms with Crippen LogP contribution in [0.3, 0.4) is 0 Å². The molecular formula is C29H18N4O2. The highest BCUT2D eigenvalue weighted by Gasteiger charge is 2.17. The van der Waals surface area contributed by atoms with Crippen molar-refractivity contribution < 1.29 is 4.42 Å². The Balaban J connectivity index is 1.47. The largest absolute Gasteiger partial charge is 0.437 e. The van der Waals surface area contributed by atoms with Gasteiger partial charge in [0, 0.05) is 28.5 Å². The molecule has 7 aromatic rings. The average Bonchev–Trinajstić information content (AvgIpc) is 3.30. The van der Waals surface area contributed by atoms with Gasteiger partial charge < -0.3 is 9.32 Å². The van der Waals surface area contributed by atoms with Crippen LogP contribution in [0.1, 0.15) is 0 Å². The molecule has 0 radical (unpaired) electrons. The zero-order valence-electron chi connectivity index (χ0n) is 18.5. The highest BCUT2D eigenvalue weighted by molar-refractivity contribution is 5.99. The van der Waals surface area contributed by atoms with Crippen LogP contribution in [0.5, 0.6) is 0 Å². The van der Waals surface area contributed by atoms with Gasteiger partial charge in [-0.3, -0.25) is 0 Å². The molecule has 0 spiro atoms. The van der Waals surface area contributed by atoms with Crippen molar-refractivity contribution >= 4 is 55.8 Å². The third-order valence-electron chi connectivity index (χ3n) is 6.21. The number of aromatic nitrogens is 3. The summed E-state index contributed by atoms with van der Waals surface area (Å²) in [6, 6.07) is 36.0. The van der Waals surface area contributed by atoms with Gasteiger partial charge in [-0.25, -0.2) is 14.2 Å². The summed E-state index contributed by atoms with van der Waals surface area (Å²) in [5, 5.41) is 1.60. The molecule has 0 bridgehead atoms. The maximum atomic E-state index is 12.9. The molecule has 0 aliphatic rings. The Kier molecular flexibility index (Phi) is 4.20. The molecule has 0 amide bonds. The smallest absolute Gasteiger partial charge is 0.357 e. The van der Waals surface area contributed by atoms with Crippen LogP contribution < -0.4 is 10.6 Å². The predicted octanol–water partition coefficient (Wildman–Crippen LogP) is 6.61. The minimum absolute atomic E-state index is 0.272. The van der Waals surface area contributed by atoms with Gasteiger partial charge in [-0.15, -0.1) is 0 Å². The second-order valence-electron chi connectivity index (χ2n) is 8.35. The number of anilines is 3. The van der Waals surface area contributed by atoms with E-state index in [-0.39, 0.29) is 5.71 Å². The lowest BCUT2D eigenvalue weighted by Crippen LogP contribution is -2.16. The molecule has 0 aliphatic heterocycles. The van der Waals surface area contributed by atoms with Crippen molar-refractivity contribution in [3.05, 3.63) is 120 Å². The van der Waals surface area contributed by atoms with Crippen LogP contribution >= 0.6 is 0 Å². The molecule has 0 aliphatic carbocycles. The first-order valence-electron chi connectivity index (χ1n) is 11.3. The summed E-state index contributed by atoms with van der Waals surface area (Å²) in [6.45, 7) is 0. The van der Waals surface area contributed by atoms with E-state index >= 15 is 0 Å². The molecule has 0 N–H and O–H groups in total. The van der Waals surface area contributed by atoms with Gasteiger partial charge in [0.25, 0.3) is 0 Å². The van der Waals surface area contributed by atoms with E-state index in [2.05, 4.69) is 40.2 Å². The molecule has 3 aromatic heterocycles. The molecule has 0 fully saturated rings. The van der Waals surface area contributed by atoms with Crippen LogP contribution in [0.4, 0.5) is 17.1 Å². The van der Waals surface area contributed by atoms with Crippen molar-refractivity contribution in [3.8, 4) is 0 Å². The van der Waals surface area contributed by atoms with Crippen LogP contribution in [-0.4, -0.2) is 14.4 Å². The summed E-state index contributed by atoms with van der Waals surface area (Å²) in [7, 11) is 0. The molecule has 0 atom stereocenters. The Morgan fingerprint density at radius 2 is 1.37 bits per heavy atom. The van der Waals surface area contributed by atoms with E-state index in [1.54, 1.807) is 4.40 Å². The number of fused-ring (bicyclic) bond motifs is 6. The van der Waals surface area contributed by atoms with Crippen molar-refractivity contribution in [1.29, 1.82) is 0 Å². The lowest BCUT2D eigenvalue weighted by molar-refractivity contribution is 0.641. The molecular weight excluding hydrogens is 436 g/mol. The molecule has 0 saturated carbocycles. The molecule has 0 unspecified atom stereocenters. The molecule has 7 rings (SSSR count). The van der Waals surface area contributed by atoms with Crippen LogP contribution in [0.25, 0.3) is 38.7 Å². The van der Waals surface area contributed by atoms with Gasteiger partial charge in [0.15, 0.2) is 5.65 Å². The van der Waals surface area contributed by atoms with E-state index in [1.165, 1.54) is 0 Å². The van der Waals surface area contributed by atoms with E-state index in [1.807, 2.05) is 78.9 Å². The third kappa shape index (κ3) is 3.08. The van der Waals surface area contributed by atoms with Crippen LogP contribution in [0.2, 0.25) is 0 Å². The first-order valence-corrected chi connectivity index (χ1v) is 11.3. The molecule has 0 saturated heterocycles. The summed E-state index contributed by atoms with van der Waals surface area (Å²) >= 11 is 0. The van der Waals surface area contributed by atoms with Crippen molar-refractivity contribution in [3.63, 3.8) is 0 Å². The molecule has 6 nitrogen and oxygen atoms in total. The fourth-order valence-corrected chi connectivity index (χ4v) is 4.63.